The lowest BCUT2D eigenvalue weighted by Crippen LogP contribution is -2.63. The minimum absolute atomic E-state index is 0.0177. The number of hydrogen-bond acceptors (Lipinski definition) is 7. The van der Waals surface area contributed by atoms with Crippen LogP contribution in [0, 0.1) is 5.92 Å². The first-order valence-electron chi connectivity index (χ1n) is 19.3. The Balaban J connectivity index is 0.000000901. The van der Waals surface area contributed by atoms with Crippen LogP contribution in [0.1, 0.15) is 124 Å². The summed E-state index contributed by atoms with van der Waals surface area (Å²) >= 11 is 0. The molecule has 11 heteroatoms. The van der Waals surface area contributed by atoms with E-state index in [2.05, 4.69) is 19.2 Å². The molecule has 0 aliphatic carbocycles. The molecule has 4 unspecified atom stereocenters. The van der Waals surface area contributed by atoms with Crippen LogP contribution in [-0.2, 0) is 30.4 Å². The number of unbranched alkanes of at least 4 members (excludes halogenated alkanes) is 4. The molecule has 52 heavy (non-hydrogen) atoms. The van der Waals surface area contributed by atoms with Crippen molar-refractivity contribution in [3.63, 3.8) is 0 Å². The number of hydrogen-bond donors (Lipinski definition) is 2. The summed E-state index contributed by atoms with van der Waals surface area (Å²) < 4.78 is 5.33. The molecular weight excluding hydrogens is 658 g/mol. The van der Waals surface area contributed by atoms with Gasteiger partial charge in [0.1, 0.15) is 29.8 Å². The Morgan fingerprint density at radius 3 is 2.25 bits per heavy atom. The van der Waals surface area contributed by atoms with Crippen LogP contribution in [0.15, 0.2) is 48.3 Å². The van der Waals surface area contributed by atoms with Gasteiger partial charge in [-0.1, -0.05) is 84.9 Å². The van der Waals surface area contributed by atoms with Crippen LogP contribution in [0.2, 0.25) is 0 Å². The molecule has 0 aromatic heterocycles. The largest absolute Gasteiger partial charge is 0.497 e. The number of carbonyl (C=O) groups excluding carboxylic acids is 5. The van der Waals surface area contributed by atoms with Crippen LogP contribution in [0.25, 0.3) is 0 Å². The highest BCUT2D eigenvalue weighted by Crippen LogP contribution is 2.43. The van der Waals surface area contributed by atoms with E-state index in [0.717, 1.165) is 68.1 Å². The molecule has 4 atom stereocenters. The number of nitrogens with two attached hydrogens (primary N) is 1. The number of methoxy groups -OCH3 is 1. The fourth-order valence-corrected chi connectivity index (χ4v) is 7.21. The summed E-state index contributed by atoms with van der Waals surface area (Å²) in [6.07, 6.45) is 16.0. The van der Waals surface area contributed by atoms with E-state index >= 15 is 0 Å². The predicted molar refractivity (Wildman–Crippen MR) is 206 cm³/mol. The minimum Gasteiger partial charge on any atom is -0.497 e. The van der Waals surface area contributed by atoms with Crippen molar-refractivity contribution in [3.8, 4) is 5.75 Å². The van der Waals surface area contributed by atoms with Gasteiger partial charge in [0.25, 0.3) is 0 Å². The van der Waals surface area contributed by atoms with Crippen molar-refractivity contribution in [3.05, 3.63) is 53.9 Å². The number of ether oxygens (including phenoxy) is 1. The van der Waals surface area contributed by atoms with Crippen LogP contribution in [-0.4, -0.2) is 83.1 Å². The van der Waals surface area contributed by atoms with Crippen LogP contribution < -0.4 is 15.8 Å². The number of aldehydes is 1. The maximum atomic E-state index is 14.7. The van der Waals surface area contributed by atoms with Gasteiger partial charge in [-0.15, -0.1) is 0 Å². The standard InChI is InChI=1S/C34H56N4O5.C7H9NO/c1-7-11-13-17-30(40)37-28(24-26-18-20-27(43-6)21-19-26)33(42)38(34(37,10-4)22-8-2)31(25(5)9-3)32(41)36-23-15-12-14-16-29(35)39;1-8-4-2-3-7(5-8)6-9/h18-21,25,28,31H,7-17,22-24H2,1-6H3,(H2,35,39)(H,36,41);2,4-6H,3H2,1H3. The summed E-state index contributed by atoms with van der Waals surface area (Å²) in [4.78, 5) is 69.5. The van der Waals surface area contributed by atoms with Crippen LogP contribution in [0.4, 0.5) is 0 Å². The maximum Gasteiger partial charge on any atom is 0.248 e. The molecule has 0 saturated carbocycles. The number of allylic oxidation sites excluding steroid dienone is 2. The average molecular weight is 724 g/mol. The summed E-state index contributed by atoms with van der Waals surface area (Å²) in [6.45, 7) is 10.7. The second kappa shape index (κ2) is 22.7. The van der Waals surface area contributed by atoms with Gasteiger partial charge in [0.15, 0.2) is 0 Å². The highest BCUT2D eigenvalue weighted by molar-refractivity contribution is 5.96. The Labute approximate surface area is 312 Å². The van der Waals surface area contributed by atoms with Crippen molar-refractivity contribution in [2.75, 3.05) is 20.7 Å². The van der Waals surface area contributed by atoms with Crippen molar-refractivity contribution in [1.82, 2.24) is 20.0 Å². The van der Waals surface area contributed by atoms with Crippen LogP contribution >= 0.6 is 0 Å². The lowest BCUT2D eigenvalue weighted by molar-refractivity contribution is -0.153. The zero-order valence-electron chi connectivity index (χ0n) is 32.8. The van der Waals surface area contributed by atoms with E-state index in [1.54, 1.807) is 12.0 Å². The predicted octanol–water partition coefficient (Wildman–Crippen LogP) is 6.26. The Hall–Kier alpha value is -4.15. The highest BCUT2D eigenvalue weighted by Gasteiger charge is 2.60. The molecule has 1 aromatic rings. The molecule has 2 aliphatic heterocycles. The van der Waals surface area contributed by atoms with Crippen molar-refractivity contribution in [1.29, 1.82) is 0 Å². The number of benzene rings is 1. The van der Waals surface area contributed by atoms with Gasteiger partial charge in [-0.2, -0.15) is 0 Å². The van der Waals surface area contributed by atoms with Crippen molar-refractivity contribution < 1.29 is 28.7 Å². The van der Waals surface area contributed by atoms with Gasteiger partial charge in [-0.05, 0) is 68.3 Å². The second-order valence-corrected chi connectivity index (χ2v) is 14.1. The Kier molecular flexibility index (Phi) is 19.2. The summed E-state index contributed by atoms with van der Waals surface area (Å²) in [5, 5.41) is 3.08. The Morgan fingerprint density at radius 1 is 1.02 bits per heavy atom. The molecule has 1 saturated heterocycles. The molecule has 290 valence electrons. The molecule has 0 radical (unpaired) electrons. The quantitative estimate of drug-likeness (QED) is 0.113. The number of rotatable bonds is 21. The molecule has 3 rings (SSSR count). The summed E-state index contributed by atoms with van der Waals surface area (Å²) in [5.74, 6) is -0.0630. The van der Waals surface area contributed by atoms with E-state index in [1.807, 2.05) is 80.4 Å². The molecule has 2 heterocycles. The van der Waals surface area contributed by atoms with Crippen molar-refractivity contribution >= 4 is 29.9 Å². The zero-order valence-corrected chi connectivity index (χ0v) is 32.8. The summed E-state index contributed by atoms with van der Waals surface area (Å²) in [5.41, 5.74) is 6.13. The number of amides is 4. The van der Waals surface area contributed by atoms with E-state index in [-0.39, 0.29) is 29.5 Å². The van der Waals surface area contributed by atoms with E-state index in [0.29, 0.717) is 51.5 Å². The molecule has 1 aromatic carbocycles. The van der Waals surface area contributed by atoms with Gasteiger partial charge in [0.2, 0.25) is 23.6 Å². The van der Waals surface area contributed by atoms with Gasteiger partial charge >= 0.3 is 0 Å². The Morgan fingerprint density at radius 2 is 1.71 bits per heavy atom. The minimum atomic E-state index is -0.890. The first-order valence-corrected chi connectivity index (χ1v) is 19.3. The first-order chi connectivity index (χ1) is 24.9. The SMILES string of the molecule is CCCCCC(=O)N1C(Cc2ccc(OC)cc2)C(=O)N(C(C(=O)NCCCCCC(N)=O)C(C)CC)C1(CC)CCC.CN1C=CCC(C=O)=C1. The van der Waals surface area contributed by atoms with Gasteiger partial charge in [0, 0.05) is 44.6 Å². The topological polar surface area (TPSA) is 142 Å². The molecular formula is C41H65N5O6. The Bertz CT molecular complexity index is 1360. The molecule has 0 spiro atoms. The smallest absolute Gasteiger partial charge is 0.248 e. The number of primary amides is 1. The molecule has 11 nitrogen and oxygen atoms in total. The molecule has 4 amide bonds. The number of carbonyl (C=O) groups is 5. The summed E-state index contributed by atoms with van der Waals surface area (Å²) in [7, 11) is 3.52. The van der Waals surface area contributed by atoms with E-state index in [9.17, 15) is 24.0 Å². The second-order valence-electron chi connectivity index (χ2n) is 14.1. The number of nitrogens with zero attached hydrogens (tertiary/aromatic N) is 3. The molecule has 0 bridgehead atoms. The third kappa shape index (κ3) is 12.2. The van der Waals surface area contributed by atoms with Crippen molar-refractivity contribution in [2.45, 2.75) is 142 Å². The van der Waals surface area contributed by atoms with Crippen LogP contribution in [0.5, 0.6) is 5.75 Å². The highest BCUT2D eigenvalue weighted by atomic mass is 16.5. The van der Waals surface area contributed by atoms with E-state index < -0.39 is 17.7 Å². The third-order valence-electron chi connectivity index (χ3n) is 10.1. The fourth-order valence-electron chi connectivity index (χ4n) is 7.21. The fraction of sp³-hybridized carbons (Fsp3) is 0.634. The lowest BCUT2D eigenvalue weighted by atomic mass is 9.90. The maximum absolute atomic E-state index is 14.7. The van der Waals surface area contributed by atoms with E-state index in [4.69, 9.17) is 10.5 Å². The first kappa shape index (κ1) is 44.0. The molecule has 1 fully saturated rings. The van der Waals surface area contributed by atoms with E-state index in [1.165, 1.54) is 0 Å². The third-order valence-corrected chi connectivity index (χ3v) is 10.1. The summed E-state index contributed by atoms with van der Waals surface area (Å²) in [6, 6.07) is 6.23. The van der Waals surface area contributed by atoms with Gasteiger partial charge < -0.3 is 30.5 Å². The van der Waals surface area contributed by atoms with Gasteiger partial charge in [-0.3, -0.25) is 24.0 Å². The van der Waals surface area contributed by atoms with Gasteiger partial charge in [-0.25, -0.2) is 0 Å². The molecule has 3 N–H and O–H groups in total. The number of nitrogens with one attached hydrogen (secondary N) is 1. The monoisotopic (exact) mass is 723 g/mol. The van der Waals surface area contributed by atoms with Crippen LogP contribution in [0.3, 0.4) is 0 Å². The van der Waals surface area contributed by atoms with Crippen molar-refractivity contribution in [2.24, 2.45) is 11.7 Å². The molecule has 2 aliphatic rings. The van der Waals surface area contributed by atoms with Gasteiger partial charge in [0.05, 0.1) is 7.11 Å². The normalized spacial score (nSPS) is 19.4. The lowest BCUT2D eigenvalue weighted by Gasteiger charge is -2.47. The average Bonchev–Trinajstić information content (AvgIpc) is 3.36. The zero-order chi connectivity index (χ0) is 38.7.